The van der Waals surface area contributed by atoms with Crippen molar-refractivity contribution >= 4 is 16.9 Å². The fourth-order valence-electron chi connectivity index (χ4n) is 3.25. The first-order valence-corrected chi connectivity index (χ1v) is 8.68. The number of hydrogen-bond acceptors (Lipinski definition) is 5. The fraction of sp³-hybridized carbons (Fsp3) is 0.250. The molecule has 5 rings (SSSR count). The number of nitrogens with zero attached hydrogens (tertiary/aromatic N) is 3. The van der Waals surface area contributed by atoms with Crippen LogP contribution in [0.2, 0.25) is 0 Å². The average molecular weight is 347 g/mol. The van der Waals surface area contributed by atoms with Crippen LogP contribution < -0.4 is 9.47 Å². The molecule has 0 saturated heterocycles. The van der Waals surface area contributed by atoms with Crippen LogP contribution in [0.5, 0.6) is 11.5 Å². The summed E-state index contributed by atoms with van der Waals surface area (Å²) in [6.07, 6.45) is 5.38. The van der Waals surface area contributed by atoms with Crippen LogP contribution in [0.15, 0.2) is 48.8 Å². The van der Waals surface area contributed by atoms with Gasteiger partial charge in [-0.3, -0.25) is 14.8 Å². The summed E-state index contributed by atoms with van der Waals surface area (Å²) in [6.45, 7) is 0.806. The van der Waals surface area contributed by atoms with Crippen molar-refractivity contribution in [2.75, 3.05) is 6.79 Å². The highest BCUT2D eigenvalue weighted by atomic mass is 16.7. The molecule has 0 spiro atoms. The number of carbonyl (C=O) groups excluding carboxylic acids is 1. The van der Waals surface area contributed by atoms with Crippen LogP contribution in [0, 0.1) is 0 Å². The third kappa shape index (κ3) is 2.73. The lowest BCUT2D eigenvalue weighted by atomic mass is 10.1. The van der Waals surface area contributed by atoms with Gasteiger partial charge in [0, 0.05) is 30.5 Å². The van der Waals surface area contributed by atoms with E-state index in [4.69, 9.17) is 9.47 Å². The van der Waals surface area contributed by atoms with E-state index in [1.807, 2.05) is 41.3 Å². The molecule has 2 aromatic carbocycles. The van der Waals surface area contributed by atoms with Crippen molar-refractivity contribution in [3.05, 3.63) is 59.9 Å². The van der Waals surface area contributed by atoms with E-state index in [-0.39, 0.29) is 12.7 Å². The Morgan fingerprint density at radius 2 is 1.81 bits per heavy atom. The van der Waals surface area contributed by atoms with Crippen molar-refractivity contribution in [3.8, 4) is 11.5 Å². The number of hydrogen-bond donors (Lipinski definition) is 0. The van der Waals surface area contributed by atoms with Crippen LogP contribution in [0.4, 0.5) is 0 Å². The zero-order valence-electron chi connectivity index (χ0n) is 14.1. The van der Waals surface area contributed by atoms with Crippen molar-refractivity contribution in [1.82, 2.24) is 14.9 Å². The average Bonchev–Trinajstić information content (AvgIpc) is 3.42. The van der Waals surface area contributed by atoms with E-state index >= 15 is 0 Å². The lowest BCUT2D eigenvalue weighted by Crippen LogP contribution is -2.32. The fourth-order valence-corrected chi connectivity index (χ4v) is 3.25. The van der Waals surface area contributed by atoms with Crippen molar-refractivity contribution in [3.63, 3.8) is 0 Å². The highest BCUT2D eigenvalue weighted by molar-refractivity contribution is 5.97. The van der Waals surface area contributed by atoms with Gasteiger partial charge in [0.1, 0.15) is 0 Å². The van der Waals surface area contributed by atoms with E-state index in [0.29, 0.717) is 18.2 Å². The molecule has 6 heteroatoms. The van der Waals surface area contributed by atoms with Gasteiger partial charge < -0.3 is 14.4 Å². The Hall–Kier alpha value is -3.15. The highest BCUT2D eigenvalue weighted by Crippen LogP contribution is 2.35. The van der Waals surface area contributed by atoms with Gasteiger partial charge >= 0.3 is 0 Å². The smallest absolute Gasteiger partial charge is 0.254 e. The van der Waals surface area contributed by atoms with E-state index in [1.54, 1.807) is 12.4 Å². The first-order valence-electron chi connectivity index (χ1n) is 8.68. The van der Waals surface area contributed by atoms with Gasteiger partial charge in [-0.25, -0.2) is 0 Å². The quantitative estimate of drug-likeness (QED) is 0.725. The van der Waals surface area contributed by atoms with Gasteiger partial charge in [0.2, 0.25) is 6.79 Å². The molecule has 1 saturated carbocycles. The van der Waals surface area contributed by atoms with Crippen molar-refractivity contribution in [2.45, 2.75) is 25.4 Å². The number of amides is 1. The molecule has 0 atom stereocenters. The molecule has 6 nitrogen and oxygen atoms in total. The second kappa shape index (κ2) is 5.98. The van der Waals surface area contributed by atoms with E-state index in [1.165, 1.54) is 0 Å². The Morgan fingerprint density at radius 1 is 1.00 bits per heavy atom. The minimum atomic E-state index is 0.0257. The zero-order valence-corrected chi connectivity index (χ0v) is 14.1. The molecule has 3 aromatic rings. The van der Waals surface area contributed by atoms with Crippen LogP contribution in [-0.4, -0.2) is 33.6 Å². The minimum absolute atomic E-state index is 0.0257. The van der Waals surface area contributed by atoms with Crippen molar-refractivity contribution in [2.24, 2.45) is 0 Å². The molecule has 26 heavy (non-hydrogen) atoms. The van der Waals surface area contributed by atoms with E-state index in [9.17, 15) is 4.79 Å². The predicted molar refractivity (Wildman–Crippen MR) is 95.0 cm³/mol. The highest BCUT2D eigenvalue weighted by Gasteiger charge is 2.33. The summed E-state index contributed by atoms with van der Waals surface area (Å²) in [7, 11) is 0. The normalized spacial score (nSPS) is 15.2. The van der Waals surface area contributed by atoms with Gasteiger partial charge in [-0.2, -0.15) is 0 Å². The maximum atomic E-state index is 13.1. The SMILES string of the molecule is O=C(c1ccc2nccnc2c1)N(Cc1ccc2c(c1)OCO2)C1CC1. The molecule has 1 aliphatic heterocycles. The number of ether oxygens (including phenoxy) is 2. The molecule has 1 aromatic heterocycles. The van der Waals surface area contributed by atoms with Crippen LogP contribution in [-0.2, 0) is 6.54 Å². The summed E-state index contributed by atoms with van der Waals surface area (Å²) in [5.74, 6) is 1.52. The third-order valence-corrected chi connectivity index (χ3v) is 4.75. The first kappa shape index (κ1) is 15.1. The molecule has 1 fully saturated rings. The first-order chi connectivity index (χ1) is 12.8. The third-order valence-electron chi connectivity index (χ3n) is 4.75. The Labute approximate surface area is 150 Å². The van der Waals surface area contributed by atoms with Gasteiger partial charge in [0.05, 0.1) is 11.0 Å². The molecule has 0 bridgehead atoms. The van der Waals surface area contributed by atoms with Crippen LogP contribution in [0.1, 0.15) is 28.8 Å². The summed E-state index contributed by atoms with van der Waals surface area (Å²) < 4.78 is 10.8. The van der Waals surface area contributed by atoms with Gasteiger partial charge in [-0.15, -0.1) is 0 Å². The Bertz CT molecular complexity index is 1000. The Kier molecular flexibility index (Phi) is 3.48. The van der Waals surface area contributed by atoms with Gasteiger partial charge in [-0.05, 0) is 48.7 Å². The second-order valence-corrected chi connectivity index (χ2v) is 6.61. The topological polar surface area (TPSA) is 64.6 Å². The molecule has 0 unspecified atom stereocenters. The van der Waals surface area contributed by atoms with Crippen molar-refractivity contribution in [1.29, 1.82) is 0 Å². The number of carbonyl (C=O) groups is 1. The van der Waals surface area contributed by atoms with Gasteiger partial charge in [0.25, 0.3) is 5.91 Å². The zero-order chi connectivity index (χ0) is 17.5. The lowest BCUT2D eigenvalue weighted by molar-refractivity contribution is 0.0730. The summed E-state index contributed by atoms with van der Waals surface area (Å²) in [5, 5.41) is 0. The van der Waals surface area contributed by atoms with Crippen LogP contribution in [0.3, 0.4) is 0 Å². The Morgan fingerprint density at radius 3 is 2.65 bits per heavy atom. The molecule has 2 aliphatic rings. The summed E-state index contributed by atoms with van der Waals surface area (Å²) in [4.78, 5) is 23.6. The minimum Gasteiger partial charge on any atom is -0.454 e. The summed E-state index contributed by atoms with van der Waals surface area (Å²) in [6, 6.07) is 11.6. The maximum Gasteiger partial charge on any atom is 0.254 e. The largest absolute Gasteiger partial charge is 0.454 e. The Balaban J connectivity index is 1.43. The molecular formula is C20H17N3O3. The van der Waals surface area contributed by atoms with E-state index in [2.05, 4.69) is 9.97 Å². The maximum absolute atomic E-state index is 13.1. The van der Waals surface area contributed by atoms with Crippen LogP contribution >= 0.6 is 0 Å². The number of fused-ring (bicyclic) bond motifs is 2. The summed E-state index contributed by atoms with van der Waals surface area (Å²) >= 11 is 0. The molecule has 1 amide bonds. The molecule has 1 aliphatic carbocycles. The monoisotopic (exact) mass is 347 g/mol. The van der Waals surface area contributed by atoms with E-state index in [0.717, 1.165) is 40.9 Å². The standard InChI is InChI=1S/C20H17N3O3/c24-20(14-2-5-16-17(10-14)22-8-7-21-16)23(15-3-4-15)11-13-1-6-18-19(9-13)26-12-25-18/h1-2,5-10,15H,3-4,11-12H2. The van der Waals surface area contributed by atoms with Gasteiger partial charge in [-0.1, -0.05) is 6.07 Å². The van der Waals surface area contributed by atoms with Crippen molar-refractivity contribution < 1.29 is 14.3 Å². The molecule has 130 valence electrons. The number of benzene rings is 2. The molecule has 0 radical (unpaired) electrons. The predicted octanol–water partition coefficient (Wildman–Crippen LogP) is 3.16. The molecular weight excluding hydrogens is 330 g/mol. The summed E-state index contributed by atoms with van der Waals surface area (Å²) in [5.41, 5.74) is 3.20. The van der Waals surface area contributed by atoms with Crippen LogP contribution in [0.25, 0.3) is 11.0 Å². The molecule has 2 heterocycles. The second-order valence-electron chi connectivity index (χ2n) is 6.61. The molecule has 0 N–H and O–H groups in total. The number of rotatable bonds is 4. The number of aromatic nitrogens is 2. The lowest BCUT2D eigenvalue weighted by Gasteiger charge is -2.23. The van der Waals surface area contributed by atoms with E-state index < -0.39 is 0 Å². The van der Waals surface area contributed by atoms with Gasteiger partial charge in [0.15, 0.2) is 11.5 Å².